The standard InChI is InChI=1S/C17H23NO3.2C2H6/c1-2-3-4-5-12-21-14-8-6-13(7-9-14)15-10-11-16(19)18-17(15)20;2*1-2/h6-9,15H,2-5,10-12H2,1H3,(H,18,19,20);2*1-2H3. The number of piperidine rings is 1. The Morgan fingerprint density at radius 1 is 1.00 bits per heavy atom. The molecule has 1 saturated heterocycles. The van der Waals surface area contributed by atoms with Crippen LogP contribution in [0.25, 0.3) is 0 Å². The van der Waals surface area contributed by atoms with Crippen molar-refractivity contribution in [2.24, 2.45) is 0 Å². The third-order valence-corrected chi connectivity index (χ3v) is 3.79. The van der Waals surface area contributed by atoms with Crippen LogP contribution < -0.4 is 10.1 Å². The lowest BCUT2D eigenvalue weighted by Gasteiger charge is -2.21. The second-order valence-electron chi connectivity index (χ2n) is 5.48. The Morgan fingerprint density at radius 3 is 2.20 bits per heavy atom. The minimum Gasteiger partial charge on any atom is -0.494 e. The minimum absolute atomic E-state index is 0.178. The van der Waals surface area contributed by atoms with Crippen LogP contribution >= 0.6 is 0 Å². The van der Waals surface area contributed by atoms with Crippen LogP contribution in [0, 0.1) is 0 Å². The summed E-state index contributed by atoms with van der Waals surface area (Å²) in [5, 5.41) is 2.39. The molecule has 0 saturated carbocycles. The Hall–Kier alpha value is -1.84. The number of carbonyl (C=O) groups excluding carboxylic acids is 2. The van der Waals surface area contributed by atoms with Gasteiger partial charge in [0.15, 0.2) is 0 Å². The van der Waals surface area contributed by atoms with E-state index in [0.717, 1.165) is 24.3 Å². The monoisotopic (exact) mass is 349 g/mol. The number of ether oxygens (including phenoxy) is 1. The summed E-state index contributed by atoms with van der Waals surface area (Å²) in [6.45, 7) is 10.9. The summed E-state index contributed by atoms with van der Waals surface area (Å²) in [5.41, 5.74) is 0.943. The van der Waals surface area contributed by atoms with Crippen LogP contribution in [0.5, 0.6) is 5.75 Å². The van der Waals surface area contributed by atoms with Gasteiger partial charge in [-0.05, 0) is 30.5 Å². The summed E-state index contributed by atoms with van der Waals surface area (Å²) in [5.74, 6) is 0.242. The number of amides is 2. The summed E-state index contributed by atoms with van der Waals surface area (Å²) in [7, 11) is 0. The van der Waals surface area contributed by atoms with Gasteiger partial charge in [-0.3, -0.25) is 14.9 Å². The molecule has 1 aromatic carbocycles. The van der Waals surface area contributed by atoms with Gasteiger partial charge in [0, 0.05) is 6.42 Å². The van der Waals surface area contributed by atoms with Crippen molar-refractivity contribution in [3.05, 3.63) is 29.8 Å². The van der Waals surface area contributed by atoms with E-state index < -0.39 is 0 Å². The van der Waals surface area contributed by atoms with E-state index in [0.29, 0.717) is 12.8 Å². The summed E-state index contributed by atoms with van der Waals surface area (Å²) < 4.78 is 5.68. The molecule has 1 atom stereocenters. The van der Waals surface area contributed by atoms with E-state index in [4.69, 9.17) is 4.74 Å². The number of carbonyl (C=O) groups is 2. The van der Waals surface area contributed by atoms with Gasteiger partial charge >= 0.3 is 0 Å². The molecule has 0 bridgehead atoms. The molecule has 0 aromatic heterocycles. The number of nitrogens with one attached hydrogen (secondary N) is 1. The Labute approximate surface area is 153 Å². The maximum Gasteiger partial charge on any atom is 0.234 e. The lowest BCUT2D eigenvalue weighted by atomic mass is 9.90. The third-order valence-electron chi connectivity index (χ3n) is 3.79. The highest BCUT2D eigenvalue weighted by atomic mass is 16.5. The molecule has 1 aliphatic rings. The number of benzene rings is 1. The van der Waals surface area contributed by atoms with Gasteiger partial charge in [0.05, 0.1) is 12.5 Å². The van der Waals surface area contributed by atoms with Crippen LogP contribution in [-0.4, -0.2) is 18.4 Å². The second-order valence-corrected chi connectivity index (χ2v) is 5.48. The smallest absolute Gasteiger partial charge is 0.234 e. The van der Waals surface area contributed by atoms with E-state index in [1.54, 1.807) is 0 Å². The van der Waals surface area contributed by atoms with E-state index in [2.05, 4.69) is 12.2 Å². The van der Waals surface area contributed by atoms with Crippen molar-refractivity contribution in [1.82, 2.24) is 5.32 Å². The normalized spacial score (nSPS) is 16.0. The molecule has 0 aliphatic carbocycles. The van der Waals surface area contributed by atoms with Crippen molar-refractivity contribution in [1.29, 1.82) is 0 Å². The minimum atomic E-state index is -0.221. The zero-order valence-electron chi connectivity index (χ0n) is 16.6. The fourth-order valence-corrected chi connectivity index (χ4v) is 2.53. The predicted molar refractivity (Wildman–Crippen MR) is 104 cm³/mol. The van der Waals surface area contributed by atoms with Gasteiger partial charge in [-0.15, -0.1) is 0 Å². The van der Waals surface area contributed by atoms with E-state index >= 15 is 0 Å². The molecule has 1 N–H and O–H groups in total. The zero-order chi connectivity index (χ0) is 19.1. The van der Waals surface area contributed by atoms with Crippen LogP contribution in [0.4, 0.5) is 0 Å². The van der Waals surface area contributed by atoms with Crippen molar-refractivity contribution < 1.29 is 14.3 Å². The van der Waals surface area contributed by atoms with Gasteiger partial charge in [0.25, 0.3) is 0 Å². The Balaban J connectivity index is 0.00000134. The zero-order valence-corrected chi connectivity index (χ0v) is 16.6. The molecule has 1 aromatic rings. The Kier molecular flexibility index (Phi) is 13.4. The van der Waals surface area contributed by atoms with Gasteiger partial charge in [-0.1, -0.05) is 66.0 Å². The fraction of sp³-hybridized carbons (Fsp3) is 0.619. The average molecular weight is 350 g/mol. The molecule has 25 heavy (non-hydrogen) atoms. The first kappa shape index (κ1) is 23.2. The molecule has 1 aliphatic heterocycles. The SMILES string of the molecule is CC.CC.CCCCCCOc1ccc(C2CCC(=O)NC2=O)cc1. The van der Waals surface area contributed by atoms with E-state index in [1.807, 2.05) is 52.0 Å². The number of rotatable bonds is 7. The van der Waals surface area contributed by atoms with E-state index in [-0.39, 0.29) is 17.7 Å². The van der Waals surface area contributed by atoms with Crippen LogP contribution in [0.1, 0.15) is 84.6 Å². The van der Waals surface area contributed by atoms with Crippen molar-refractivity contribution in [2.75, 3.05) is 6.61 Å². The van der Waals surface area contributed by atoms with Crippen molar-refractivity contribution in [3.63, 3.8) is 0 Å². The van der Waals surface area contributed by atoms with Crippen molar-refractivity contribution in [3.8, 4) is 5.75 Å². The molecule has 142 valence electrons. The molecular weight excluding hydrogens is 314 g/mol. The van der Waals surface area contributed by atoms with Crippen LogP contribution in [-0.2, 0) is 9.59 Å². The quantitative estimate of drug-likeness (QED) is 0.542. The summed E-state index contributed by atoms with van der Waals surface area (Å²) in [4.78, 5) is 22.9. The molecule has 2 rings (SSSR count). The highest BCUT2D eigenvalue weighted by Gasteiger charge is 2.27. The van der Waals surface area contributed by atoms with Gasteiger partial charge in [-0.2, -0.15) is 0 Å². The summed E-state index contributed by atoms with van der Waals surface area (Å²) in [6.07, 6.45) is 5.74. The first-order chi connectivity index (χ1) is 12.2. The molecule has 4 heteroatoms. The van der Waals surface area contributed by atoms with Crippen molar-refractivity contribution >= 4 is 11.8 Å². The first-order valence-corrected chi connectivity index (χ1v) is 9.77. The topological polar surface area (TPSA) is 55.4 Å². The van der Waals surface area contributed by atoms with E-state index in [9.17, 15) is 9.59 Å². The molecular formula is C21H35NO3. The second kappa shape index (κ2) is 14.5. The van der Waals surface area contributed by atoms with Gasteiger partial charge in [-0.25, -0.2) is 0 Å². The van der Waals surface area contributed by atoms with Gasteiger partial charge < -0.3 is 4.74 Å². The highest BCUT2D eigenvalue weighted by molar-refractivity contribution is 6.00. The van der Waals surface area contributed by atoms with E-state index in [1.165, 1.54) is 19.3 Å². The number of hydrogen-bond donors (Lipinski definition) is 1. The van der Waals surface area contributed by atoms with Gasteiger partial charge in [0.1, 0.15) is 5.75 Å². The first-order valence-electron chi connectivity index (χ1n) is 9.77. The third kappa shape index (κ3) is 8.71. The predicted octanol–water partition coefficient (Wildman–Crippen LogP) is 5.22. The largest absolute Gasteiger partial charge is 0.494 e. The highest BCUT2D eigenvalue weighted by Crippen LogP contribution is 2.26. The number of unbranched alkanes of at least 4 members (excludes halogenated alkanes) is 3. The maximum absolute atomic E-state index is 11.8. The summed E-state index contributed by atoms with van der Waals surface area (Å²) >= 11 is 0. The molecule has 0 radical (unpaired) electrons. The van der Waals surface area contributed by atoms with Crippen molar-refractivity contribution in [2.45, 2.75) is 79.1 Å². The Morgan fingerprint density at radius 2 is 1.64 bits per heavy atom. The molecule has 1 heterocycles. The summed E-state index contributed by atoms with van der Waals surface area (Å²) in [6, 6.07) is 7.64. The molecule has 4 nitrogen and oxygen atoms in total. The number of imide groups is 1. The lowest BCUT2D eigenvalue weighted by molar-refractivity contribution is -0.134. The molecule has 2 amide bonds. The van der Waals surface area contributed by atoms with Crippen LogP contribution in [0.3, 0.4) is 0 Å². The molecule has 1 fully saturated rings. The Bertz CT molecular complexity index is 482. The average Bonchev–Trinajstić information content (AvgIpc) is 2.66. The van der Waals surface area contributed by atoms with Gasteiger partial charge in [0.2, 0.25) is 11.8 Å². The van der Waals surface area contributed by atoms with Crippen LogP contribution in [0.2, 0.25) is 0 Å². The molecule has 0 spiro atoms. The maximum atomic E-state index is 11.8. The molecule has 1 unspecified atom stereocenters. The number of hydrogen-bond acceptors (Lipinski definition) is 3. The van der Waals surface area contributed by atoms with Crippen LogP contribution in [0.15, 0.2) is 24.3 Å². The fourth-order valence-electron chi connectivity index (χ4n) is 2.53. The lowest BCUT2D eigenvalue weighted by Crippen LogP contribution is -2.39.